The number of carbonyl (C=O) groups excluding carboxylic acids is 1. The Kier molecular flexibility index (Phi) is 6.05. The van der Waals surface area contributed by atoms with Crippen LogP contribution in [0.3, 0.4) is 0 Å². The molecule has 1 heterocycles. The third-order valence-electron chi connectivity index (χ3n) is 3.03. The first-order valence-corrected chi connectivity index (χ1v) is 6.74. The number of halogens is 1. The maximum absolute atomic E-state index is 11.6. The molecule has 0 aliphatic carbocycles. The number of para-hydroxylation sites is 1. The number of hydrogen-bond donors (Lipinski definition) is 2. The van der Waals surface area contributed by atoms with E-state index in [0.29, 0.717) is 23.7 Å². The molecule has 1 aromatic heterocycles. The van der Waals surface area contributed by atoms with E-state index in [0.717, 1.165) is 5.39 Å². The summed E-state index contributed by atoms with van der Waals surface area (Å²) in [6.45, 7) is 6.01. The summed E-state index contributed by atoms with van der Waals surface area (Å²) in [5, 5.41) is 3.76. The van der Waals surface area contributed by atoms with E-state index in [9.17, 15) is 4.79 Å². The number of fused-ring (bicyclic) bond motifs is 1. The standard InChI is InChI=1S/C15H20N2O3.ClH/c1-4-19-12-7-5-6-11-8-13(20-14(11)12)10(3)17-15(18)9(2)16;/h5-10H,4,16H2,1-3H3,(H,17,18);1H. The monoisotopic (exact) mass is 312 g/mol. The largest absolute Gasteiger partial charge is 0.490 e. The van der Waals surface area contributed by atoms with Crippen molar-refractivity contribution in [2.24, 2.45) is 5.73 Å². The van der Waals surface area contributed by atoms with E-state index in [4.69, 9.17) is 14.9 Å². The summed E-state index contributed by atoms with van der Waals surface area (Å²) < 4.78 is 11.3. The zero-order chi connectivity index (χ0) is 14.7. The number of hydrogen-bond acceptors (Lipinski definition) is 4. The van der Waals surface area contributed by atoms with Crippen LogP contribution in [-0.2, 0) is 4.79 Å². The van der Waals surface area contributed by atoms with Gasteiger partial charge in [0.1, 0.15) is 5.76 Å². The van der Waals surface area contributed by atoms with Crippen molar-refractivity contribution in [3.8, 4) is 5.75 Å². The predicted octanol–water partition coefficient (Wildman–Crippen LogP) is 2.78. The van der Waals surface area contributed by atoms with Gasteiger partial charge in [0.2, 0.25) is 5.91 Å². The van der Waals surface area contributed by atoms with Crippen molar-refractivity contribution in [3.63, 3.8) is 0 Å². The molecule has 6 heteroatoms. The highest BCUT2D eigenvalue weighted by atomic mass is 35.5. The van der Waals surface area contributed by atoms with Gasteiger partial charge in [0.25, 0.3) is 0 Å². The van der Waals surface area contributed by atoms with Gasteiger partial charge in [-0.1, -0.05) is 12.1 Å². The summed E-state index contributed by atoms with van der Waals surface area (Å²) >= 11 is 0. The average Bonchev–Trinajstić information content (AvgIpc) is 2.84. The van der Waals surface area contributed by atoms with Gasteiger partial charge in [0, 0.05) is 5.39 Å². The summed E-state index contributed by atoms with van der Waals surface area (Å²) in [7, 11) is 0. The van der Waals surface area contributed by atoms with Crippen LogP contribution < -0.4 is 15.8 Å². The predicted molar refractivity (Wildman–Crippen MR) is 84.8 cm³/mol. The molecule has 3 N–H and O–H groups in total. The highest BCUT2D eigenvalue weighted by Crippen LogP contribution is 2.31. The van der Waals surface area contributed by atoms with Crippen LogP contribution in [0.2, 0.25) is 0 Å². The molecule has 0 aliphatic heterocycles. The molecule has 0 saturated heterocycles. The van der Waals surface area contributed by atoms with Gasteiger partial charge in [-0.05, 0) is 32.9 Å². The van der Waals surface area contributed by atoms with Crippen LogP contribution in [0.4, 0.5) is 0 Å². The number of carbonyl (C=O) groups is 1. The molecule has 21 heavy (non-hydrogen) atoms. The van der Waals surface area contributed by atoms with Crippen molar-refractivity contribution in [3.05, 3.63) is 30.0 Å². The van der Waals surface area contributed by atoms with E-state index in [1.54, 1.807) is 6.92 Å². The normalized spacial score (nSPS) is 13.3. The quantitative estimate of drug-likeness (QED) is 0.890. The van der Waals surface area contributed by atoms with Crippen molar-refractivity contribution >= 4 is 29.3 Å². The molecule has 2 rings (SSSR count). The lowest BCUT2D eigenvalue weighted by molar-refractivity contribution is -0.122. The van der Waals surface area contributed by atoms with Crippen molar-refractivity contribution in [1.82, 2.24) is 5.32 Å². The molecule has 1 aromatic carbocycles. The number of furan rings is 1. The minimum absolute atomic E-state index is 0. The van der Waals surface area contributed by atoms with Gasteiger partial charge >= 0.3 is 0 Å². The molecule has 0 bridgehead atoms. The molecule has 0 radical (unpaired) electrons. The Morgan fingerprint density at radius 1 is 1.43 bits per heavy atom. The number of amides is 1. The van der Waals surface area contributed by atoms with Gasteiger partial charge in [-0.3, -0.25) is 4.79 Å². The van der Waals surface area contributed by atoms with Crippen LogP contribution in [0.5, 0.6) is 5.75 Å². The van der Waals surface area contributed by atoms with Crippen LogP contribution in [0.15, 0.2) is 28.7 Å². The molecule has 1 amide bonds. The minimum atomic E-state index is -0.541. The summed E-state index contributed by atoms with van der Waals surface area (Å²) in [4.78, 5) is 11.6. The van der Waals surface area contributed by atoms with E-state index in [2.05, 4.69) is 5.32 Å². The van der Waals surface area contributed by atoms with E-state index < -0.39 is 6.04 Å². The number of rotatable bonds is 5. The summed E-state index contributed by atoms with van der Waals surface area (Å²) in [5.74, 6) is 1.19. The van der Waals surface area contributed by atoms with Gasteiger partial charge < -0.3 is 20.2 Å². The number of ether oxygens (including phenoxy) is 1. The lowest BCUT2D eigenvalue weighted by Crippen LogP contribution is -2.39. The van der Waals surface area contributed by atoms with E-state index in [-0.39, 0.29) is 24.4 Å². The van der Waals surface area contributed by atoms with Gasteiger partial charge in [0.05, 0.1) is 18.7 Å². The zero-order valence-corrected chi connectivity index (χ0v) is 13.2. The van der Waals surface area contributed by atoms with Crippen molar-refractivity contribution in [2.75, 3.05) is 6.61 Å². The first-order chi connectivity index (χ1) is 9.52. The van der Waals surface area contributed by atoms with Crippen LogP contribution in [0.1, 0.15) is 32.6 Å². The second-order valence-electron chi connectivity index (χ2n) is 4.78. The van der Waals surface area contributed by atoms with Crippen molar-refractivity contribution < 1.29 is 13.9 Å². The molecule has 0 saturated carbocycles. The van der Waals surface area contributed by atoms with Crippen molar-refractivity contribution in [1.29, 1.82) is 0 Å². The third kappa shape index (κ3) is 3.89. The Balaban J connectivity index is 0.00000220. The average molecular weight is 313 g/mol. The smallest absolute Gasteiger partial charge is 0.237 e. The van der Waals surface area contributed by atoms with Gasteiger partial charge in [-0.2, -0.15) is 0 Å². The number of benzene rings is 1. The van der Waals surface area contributed by atoms with E-state index in [1.165, 1.54) is 0 Å². The van der Waals surface area contributed by atoms with Gasteiger partial charge in [0.15, 0.2) is 11.3 Å². The first kappa shape index (κ1) is 17.3. The Morgan fingerprint density at radius 2 is 2.14 bits per heavy atom. The van der Waals surface area contributed by atoms with Crippen LogP contribution in [0, 0.1) is 0 Å². The molecular formula is C15H21ClN2O3. The summed E-state index contributed by atoms with van der Waals surface area (Å²) in [6, 6.07) is 6.85. The second kappa shape index (κ2) is 7.33. The van der Waals surface area contributed by atoms with Crippen LogP contribution in [0.25, 0.3) is 11.0 Å². The fraction of sp³-hybridized carbons (Fsp3) is 0.400. The third-order valence-corrected chi connectivity index (χ3v) is 3.03. The molecule has 116 valence electrons. The molecule has 0 fully saturated rings. The molecule has 2 unspecified atom stereocenters. The van der Waals surface area contributed by atoms with Crippen molar-refractivity contribution in [2.45, 2.75) is 32.9 Å². The Morgan fingerprint density at radius 3 is 2.76 bits per heavy atom. The first-order valence-electron chi connectivity index (χ1n) is 6.74. The SMILES string of the molecule is CCOc1cccc2cc(C(C)NC(=O)C(C)N)oc12.Cl. The molecular weight excluding hydrogens is 292 g/mol. The van der Waals surface area contributed by atoms with E-state index >= 15 is 0 Å². The molecule has 0 spiro atoms. The fourth-order valence-corrected chi connectivity index (χ4v) is 1.95. The lowest BCUT2D eigenvalue weighted by Gasteiger charge is -2.13. The molecule has 5 nitrogen and oxygen atoms in total. The Hall–Kier alpha value is -1.72. The topological polar surface area (TPSA) is 77.5 Å². The van der Waals surface area contributed by atoms with Crippen LogP contribution in [-0.4, -0.2) is 18.6 Å². The number of nitrogens with two attached hydrogens (primary N) is 1. The maximum atomic E-state index is 11.6. The lowest BCUT2D eigenvalue weighted by atomic mass is 10.2. The maximum Gasteiger partial charge on any atom is 0.237 e. The zero-order valence-electron chi connectivity index (χ0n) is 12.4. The highest BCUT2D eigenvalue weighted by Gasteiger charge is 2.17. The minimum Gasteiger partial charge on any atom is -0.490 e. The van der Waals surface area contributed by atoms with E-state index in [1.807, 2.05) is 38.1 Å². The highest BCUT2D eigenvalue weighted by molar-refractivity contribution is 5.85. The van der Waals surface area contributed by atoms with Gasteiger partial charge in [-0.15, -0.1) is 12.4 Å². The fourth-order valence-electron chi connectivity index (χ4n) is 1.95. The second-order valence-corrected chi connectivity index (χ2v) is 4.78. The Labute approximate surface area is 130 Å². The summed E-state index contributed by atoms with van der Waals surface area (Å²) in [6.07, 6.45) is 0. The molecule has 2 aromatic rings. The summed E-state index contributed by atoms with van der Waals surface area (Å²) in [5.41, 5.74) is 6.24. The van der Waals surface area contributed by atoms with Crippen LogP contribution >= 0.6 is 12.4 Å². The molecule has 2 atom stereocenters. The Bertz CT molecular complexity index is 610. The van der Waals surface area contributed by atoms with Gasteiger partial charge in [-0.25, -0.2) is 0 Å². The number of nitrogens with one attached hydrogen (secondary N) is 1. The molecule has 0 aliphatic rings.